The maximum atomic E-state index is 13.0. The highest BCUT2D eigenvalue weighted by atomic mass is 16.2. The van der Waals surface area contributed by atoms with E-state index in [1.54, 1.807) is 18.1 Å². The fraction of sp³-hybridized carbons (Fsp3) is 0.412. The van der Waals surface area contributed by atoms with Crippen LogP contribution in [0.4, 0.5) is 5.95 Å². The molecule has 1 aliphatic rings. The van der Waals surface area contributed by atoms with E-state index in [-0.39, 0.29) is 17.8 Å². The number of nitrogens with zero attached hydrogens (tertiary/aromatic N) is 6. The number of anilines is 1. The Hall–Kier alpha value is -2.90. The van der Waals surface area contributed by atoms with Gasteiger partial charge in [0, 0.05) is 13.6 Å². The molecule has 0 saturated heterocycles. The second-order valence-corrected chi connectivity index (χ2v) is 5.98. The number of allylic oxidation sites excluding steroid dienone is 3. The molecule has 0 bridgehead atoms. The van der Waals surface area contributed by atoms with Gasteiger partial charge in [0.25, 0.3) is 5.56 Å². The Balaban J connectivity index is 2.30. The van der Waals surface area contributed by atoms with E-state index < -0.39 is 0 Å². The monoisotopic (exact) mass is 342 g/mol. The molecule has 0 aromatic carbocycles. The number of imidazole rings is 1. The maximum absolute atomic E-state index is 13.0. The zero-order valence-electron chi connectivity index (χ0n) is 14.9. The first-order chi connectivity index (χ1) is 12.0. The third-order valence-corrected chi connectivity index (χ3v) is 4.16. The van der Waals surface area contributed by atoms with E-state index >= 15 is 0 Å². The van der Waals surface area contributed by atoms with Crippen LogP contribution < -0.4 is 16.3 Å². The molecule has 0 fully saturated rings. The van der Waals surface area contributed by atoms with Crippen molar-refractivity contribution in [1.29, 1.82) is 0 Å². The lowest BCUT2D eigenvalue weighted by Crippen LogP contribution is -2.39. The summed E-state index contributed by atoms with van der Waals surface area (Å²) in [6.07, 6.45) is 7.51. The van der Waals surface area contributed by atoms with Crippen LogP contribution in [0, 0.1) is 0 Å². The normalized spacial score (nSPS) is 14.7. The van der Waals surface area contributed by atoms with Crippen molar-refractivity contribution in [3.8, 4) is 0 Å². The Morgan fingerprint density at radius 3 is 2.48 bits per heavy atom. The van der Waals surface area contributed by atoms with Crippen molar-refractivity contribution in [1.82, 2.24) is 18.7 Å². The molecule has 0 unspecified atom stereocenters. The minimum absolute atomic E-state index is 0.244. The van der Waals surface area contributed by atoms with Gasteiger partial charge >= 0.3 is 5.69 Å². The highest BCUT2D eigenvalue weighted by Crippen LogP contribution is 2.23. The second-order valence-electron chi connectivity index (χ2n) is 5.98. The van der Waals surface area contributed by atoms with Gasteiger partial charge < -0.3 is 0 Å². The van der Waals surface area contributed by atoms with Gasteiger partial charge in [-0.3, -0.25) is 18.5 Å². The van der Waals surface area contributed by atoms with Crippen LogP contribution in [0.15, 0.2) is 39.0 Å². The van der Waals surface area contributed by atoms with Crippen LogP contribution >= 0.6 is 0 Å². The predicted molar refractivity (Wildman–Crippen MR) is 99.3 cm³/mol. The van der Waals surface area contributed by atoms with E-state index in [0.29, 0.717) is 30.2 Å². The molecule has 0 aliphatic carbocycles. The predicted octanol–water partition coefficient (Wildman–Crippen LogP) is 1.24. The molecule has 8 heteroatoms. The van der Waals surface area contributed by atoms with Crippen LogP contribution in [-0.2, 0) is 20.1 Å². The summed E-state index contributed by atoms with van der Waals surface area (Å²) in [6.45, 7) is 6.99. The van der Waals surface area contributed by atoms with Crippen LogP contribution in [-0.4, -0.2) is 30.9 Å². The summed E-state index contributed by atoms with van der Waals surface area (Å²) in [7, 11) is 1.64. The van der Waals surface area contributed by atoms with Crippen molar-refractivity contribution < 1.29 is 0 Å². The van der Waals surface area contributed by atoms with Gasteiger partial charge in [0.05, 0.1) is 18.8 Å². The third-order valence-electron chi connectivity index (χ3n) is 4.16. The van der Waals surface area contributed by atoms with Gasteiger partial charge in [0.2, 0.25) is 5.95 Å². The van der Waals surface area contributed by atoms with Crippen molar-refractivity contribution in [3.63, 3.8) is 0 Å². The number of fused-ring (bicyclic) bond motifs is 3. The minimum atomic E-state index is -0.372. The van der Waals surface area contributed by atoms with Crippen LogP contribution in [0.3, 0.4) is 0 Å². The van der Waals surface area contributed by atoms with E-state index in [9.17, 15) is 9.59 Å². The number of aromatic nitrogens is 4. The molecule has 1 aliphatic heterocycles. The summed E-state index contributed by atoms with van der Waals surface area (Å²) in [5.74, 6) is 0.578. The molecule has 0 radical (unpaired) electrons. The summed E-state index contributed by atoms with van der Waals surface area (Å²) >= 11 is 0. The molecule has 132 valence electrons. The molecule has 0 N–H and O–H groups in total. The summed E-state index contributed by atoms with van der Waals surface area (Å²) < 4.78 is 4.50. The Morgan fingerprint density at radius 2 is 1.80 bits per heavy atom. The molecule has 0 atom stereocenters. The smallest absolute Gasteiger partial charge is 0.297 e. The molecule has 3 heterocycles. The number of aryl methyl sites for hydroxylation is 1. The molecule has 2 aromatic rings. The zero-order valence-corrected chi connectivity index (χ0v) is 14.9. The lowest BCUT2D eigenvalue weighted by Gasteiger charge is -2.23. The standard InChI is InChI=1S/C17H22N6O2/c1-5-7-9-21-15(24)13-14(20(4)17(21)25)18-16-22(13)11-12(3)19-23(16)10-8-6-2/h5-8H,9-11H2,1-4H3. The molecule has 0 amide bonds. The zero-order chi connectivity index (χ0) is 18.1. The Morgan fingerprint density at radius 1 is 1.12 bits per heavy atom. The fourth-order valence-electron chi connectivity index (χ4n) is 2.92. The van der Waals surface area contributed by atoms with Gasteiger partial charge in [-0.2, -0.15) is 10.1 Å². The van der Waals surface area contributed by atoms with Gasteiger partial charge in [-0.05, 0) is 20.8 Å². The lowest BCUT2D eigenvalue weighted by atomic mass is 10.3. The minimum Gasteiger partial charge on any atom is -0.297 e. The maximum Gasteiger partial charge on any atom is 0.332 e. The van der Waals surface area contributed by atoms with Crippen LogP contribution in [0.5, 0.6) is 0 Å². The first kappa shape index (κ1) is 16.9. The number of hydrogen-bond donors (Lipinski definition) is 0. The molecule has 0 saturated carbocycles. The van der Waals surface area contributed by atoms with E-state index in [1.165, 1.54) is 9.13 Å². The van der Waals surface area contributed by atoms with Gasteiger partial charge in [0.1, 0.15) is 0 Å². The molecule has 25 heavy (non-hydrogen) atoms. The summed E-state index contributed by atoms with van der Waals surface area (Å²) in [5.41, 5.74) is 1.00. The van der Waals surface area contributed by atoms with Crippen LogP contribution in [0.1, 0.15) is 20.8 Å². The van der Waals surface area contributed by atoms with Crippen molar-refractivity contribution >= 4 is 22.8 Å². The van der Waals surface area contributed by atoms with Crippen molar-refractivity contribution in [2.24, 2.45) is 12.1 Å². The topological polar surface area (TPSA) is 77.4 Å². The summed E-state index contributed by atoms with van der Waals surface area (Å²) in [5, 5.41) is 6.27. The van der Waals surface area contributed by atoms with E-state index in [1.807, 2.05) is 43.6 Å². The van der Waals surface area contributed by atoms with E-state index in [0.717, 1.165) is 5.71 Å². The second kappa shape index (κ2) is 6.54. The number of hydrazone groups is 1. The Labute approximate surface area is 145 Å². The molecule has 8 nitrogen and oxygen atoms in total. The number of rotatable bonds is 4. The van der Waals surface area contributed by atoms with Crippen molar-refractivity contribution in [3.05, 3.63) is 45.1 Å². The largest absolute Gasteiger partial charge is 0.332 e. The summed E-state index contributed by atoms with van der Waals surface area (Å²) in [4.78, 5) is 30.0. The molecule has 2 aromatic heterocycles. The van der Waals surface area contributed by atoms with Crippen LogP contribution in [0.2, 0.25) is 0 Å². The van der Waals surface area contributed by atoms with E-state index in [4.69, 9.17) is 0 Å². The van der Waals surface area contributed by atoms with Gasteiger partial charge in [-0.15, -0.1) is 0 Å². The Kier molecular flexibility index (Phi) is 4.43. The molecule has 3 rings (SSSR count). The molecular weight excluding hydrogens is 320 g/mol. The first-order valence-corrected chi connectivity index (χ1v) is 8.23. The molecule has 0 spiro atoms. The van der Waals surface area contributed by atoms with E-state index in [2.05, 4.69) is 10.1 Å². The summed E-state index contributed by atoms with van der Waals surface area (Å²) in [6, 6.07) is 0. The third kappa shape index (κ3) is 2.73. The number of hydrogen-bond acceptors (Lipinski definition) is 5. The SMILES string of the molecule is CC=CCN1N=C(C)Cn2c1nc1c2c(=O)n(CC=CC)c(=O)n1C. The Bertz CT molecular complexity index is 1020. The average molecular weight is 342 g/mol. The van der Waals surface area contributed by atoms with Crippen molar-refractivity contribution in [2.45, 2.75) is 33.9 Å². The molecular formula is C17H22N6O2. The lowest BCUT2D eigenvalue weighted by molar-refractivity contribution is 0.663. The average Bonchev–Trinajstić information content (AvgIpc) is 2.97. The first-order valence-electron chi connectivity index (χ1n) is 8.23. The highest BCUT2D eigenvalue weighted by Gasteiger charge is 2.25. The highest BCUT2D eigenvalue weighted by molar-refractivity contribution is 5.87. The van der Waals surface area contributed by atoms with Gasteiger partial charge in [-0.1, -0.05) is 24.3 Å². The van der Waals surface area contributed by atoms with Gasteiger partial charge in [-0.25, -0.2) is 9.80 Å². The van der Waals surface area contributed by atoms with Gasteiger partial charge in [0.15, 0.2) is 11.2 Å². The van der Waals surface area contributed by atoms with Crippen LogP contribution in [0.25, 0.3) is 11.2 Å². The fourth-order valence-corrected chi connectivity index (χ4v) is 2.92. The van der Waals surface area contributed by atoms with Crippen molar-refractivity contribution in [2.75, 3.05) is 11.6 Å². The quantitative estimate of drug-likeness (QED) is 0.784.